The fourth-order valence-corrected chi connectivity index (χ4v) is 4.22. The minimum atomic E-state index is -0.121. The average molecular weight is 417 g/mol. The van der Waals surface area contributed by atoms with Crippen molar-refractivity contribution in [1.82, 2.24) is 14.9 Å². The zero-order valence-electron chi connectivity index (χ0n) is 15.1. The molecule has 3 aromatic rings. The number of nitrogen functional groups attached to an aromatic ring is 1. The Morgan fingerprint density at radius 1 is 1.21 bits per heavy atom. The number of nitrogens with one attached hydrogen (secondary N) is 1. The number of nitrogens with two attached hydrogens (primary N) is 1. The number of benzene rings is 1. The average Bonchev–Trinajstić information content (AvgIpc) is 3.37. The number of aromatic nitrogens is 3. The lowest BCUT2D eigenvalue weighted by molar-refractivity contribution is -0.113. The van der Waals surface area contributed by atoms with Crippen LogP contribution < -0.4 is 16.1 Å². The summed E-state index contributed by atoms with van der Waals surface area (Å²) in [6.45, 7) is 3.26. The number of morpholine rings is 1. The maximum Gasteiger partial charge on any atom is 0.234 e. The van der Waals surface area contributed by atoms with Gasteiger partial charge in [-0.1, -0.05) is 17.8 Å². The van der Waals surface area contributed by atoms with Crippen LogP contribution in [0.25, 0.3) is 10.7 Å². The largest absolute Gasteiger partial charge is 0.378 e. The van der Waals surface area contributed by atoms with Crippen molar-refractivity contribution in [3.05, 3.63) is 41.8 Å². The van der Waals surface area contributed by atoms with Gasteiger partial charge in [-0.15, -0.1) is 21.5 Å². The molecule has 1 fully saturated rings. The van der Waals surface area contributed by atoms with Gasteiger partial charge in [0.25, 0.3) is 0 Å². The molecule has 3 N–H and O–H groups in total. The third-order valence-electron chi connectivity index (χ3n) is 4.27. The third kappa shape index (κ3) is 4.29. The lowest BCUT2D eigenvalue weighted by Gasteiger charge is -2.28. The van der Waals surface area contributed by atoms with E-state index in [-0.39, 0.29) is 11.7 Å². The van der Waals surface area contributed by atoms with Crippen molar-refractivity contribution in [1.29, 1.82) is 0 Å². The van der Waals surface area contributed by atoms with Crippen molar-refractivity contribution in [2.24, 2.45) is 0 Å². The van der Waals surface area contributed by atoms with Gasteiger partial charge in [0, 0.05) is 24.5 Å². The lowest BCUT2D eigenvalue weighted by Crippen LogP contribution is -2.36. The van der Waals surface area contributed by atoms with Crippen LogP contribution in [0.2, 0.25) is 0 Å². The summed E-state index contributed by atoms with van der Waals surface area (Å²) in [5, 5.41) is 13.5. The molecule has 0 bridgehead atoms. The number of ether oxygens (including phenoxy) is 1. The summed E-state index contributed by atoms with van der Waals surface area (Å²) in [6, 6.07) is 11.7. The number of carbonyl (C=O) groups excluding carboxylic acids is 1. The first kappa shape index (κ1) is 18.8. The first-order valence-electron chi connectivity index (χ1n) is 8.80. The van der Waals surface area contributed by atoms with E-state index >= 15 is 0 Å². The molecule has 3 heterocycles. The second-order valence-corrected chi connectivity index (χ2v) is 8.03. The van der Waals surface area contributed by atoms with Crippen LogP contribution in [0, 0.1) is 0 Å². The third-order valence-corrected chi connectivity index (χ3v) is 6.07. The zero-order chi connectivity index (χ0) is 19.3. The number of hydrogen-bond donors (Lipinski definition) is 2. The van der Waals surface area contributed by atoms with Crippen molar-refractivity contribution in [3.8, 4) is 10.7 Å². The SMILES string of the molecule is Nn1c(SCC(=O)Nc2ccc(N3CCOCC3)cc2)nnc1-c1cccs1. The quantitative estimate of drug-likeness (QED) is 0.470. The smallest absolute Gasteiger partial charge is 0.234 e. The topological polar surface area (TPSA) is 98.3 Å². The van der Waals surface area contributed by atoms with E-state index in [0.29, 0.717) is 11.0 Å². The lowest BCUT2D eigenvalue weighted by atomic mass is 10.2. The number of anilines is 2. The van der Waals surface area contributed by atoms with Gasteiger partial charge in [-0.3, -0.25) is 4.79 Å². The summed E-state index contributed by atoms with van der Waals surface area (Å²) in [6.07, 6.45) is 0. The second kappa shape index (κ2) is 8.63. The molecule has 4 rings (SSSR count). The normalized spacial score (nSPS) is 14.2. The van der Waals surface area contributed by atoms with Gasteiger partial charge in [0.05, 0.1) is 23.8 Å². The van der Waals surface area contributed by atoms with Crippen LogP contribution in [0.1, 0.15) is 0 Å². The van der Waals surface area contributed by atoms with Gasteiger partial charge in [0.2, 0.25) is 11.1 Å². The van der Waals surface area contributed by atoms with Gasteiger partial charge in [0.1, 0.15) is 0 Å². The monoisotopic (exact) mass is 416 g/mol. The number of hydrogen-bond acceptors (Lipinski definition) is 8. The van der Waals surface area contributed by atoms with E-state index in [2.05, 4.69) is 20.4 Å². The Labute approximate surface area is 170 Å². The molecule has 146 valence electrons. The summed E-state index contributed by atoms with van der Waals surface area (Å²) in [7, 11) is 0. The summed E-state index contributed by atoms with van der Waals surface area (Å²) in [5.74, 6) is 6.73. The standard InChI is InChI=1S/C18H20N6O2S2/c19-24-17(15-2-1-11-27-15)21-22-18(24)28-12-16(25)20-13-3-5-14(6-4-13)23-7-9-26-10-8-23/h1-6,11H,7-10,12,19H2,(H,20,25). The predicted molar refractivity (Wildman–Crippen MR) is 112 cm³/mol. The number of carbonyl (C=O) groups is 1. The highest BCUT2D eigenvalue weighted by Gasteiger charge is 2.15. The fraction of sp³-hybridized carbons (Fsp3) is 0.278. The van der Waals surface area contributed by atoms with E-state index in [1.165, 1.54) is 27.8 Å². The second-order valence-electron chi connectivity index (χ2n) is 6.14. The Balaban J connectivity index is 1.31. The van der Waals surface area contributed by atoms with Gasteiger partial charge in [-0.25, -0.2) is 4.68 Å². The molecule has 0 saturated carbocycles. The van der Waals surface area contributed by atoms with Gasteiger partial charge >= 0.3 is 0 Å². The number of rotatable bonds is 6. The van der Waals surface area contributed by atoms with E-state index in [1.807, 2.05) is 41.8 Å². The minimum absolute atomic E-state index is 0.121. The van der Waals surface area contributed by atoms with Gasteiger partial charge < -0.3 is 20.8 Å². The van der Waals surface area contributed by atoms with Crippen LogP contribution in [0.4, 0.5) is 11.4 Å². The van der Waals surface area contributed by atoms with Crippen LogP contribution in [-0.2, 0) is 9.53 Å². The molecular formula is C18H20N6O2S2. The highest BCUT2D eigenvalue weighted by molar-refractivity contribution is 7.99. The molecule has 1 amide bonds. The van der Waals surface area contributed by atoms with Crippen LogP contribution in [0.5, 0.6) is 0 Å². The van der Waals surface area contributed by atoms with Gasteiger partial charge in [-0.05, 0) is 35.7 Å². The zero-order valence-corrected chi connectivity index (χ0v) is 16.7. The molecule has 0 atom stereocenters. The molecule has 0 aliphatic carbocycles. The van der Waals surface area contributed by atoms with Crippen LogP contribution in [0.15, 0.2) is 46.9 Å². The van der Waals surface area contributed by atoms with Crippen LogP contribution in [-0.4, -0.2) is 52.8 Å². The van der Waals surface area contributed by atoms with Crippen LogP contribution >= 0.6 is 23.1 Å². The number of amides is 1. The minimum Gasteiger partial charge on any atom is -0.378 e. The molecule has 0 spiro atoms. The number of thiophene rings is 1. The summed E-state index contributed by atoms with van der Waals surface area (Å²) < 4.78 is 6.79. The Kier molecular flexibility index (Phi) is 5.79. The number of thioether (sulfide) groups is 1. The molecule has 1 aromatic carbocycles. The predicted octanol–water partition coefficient (Wildman–Crippen LogP) is 2.29. The first-order valence-corrected chi connectivity index (χ1v) is 10.7. The van der Waals surface area contributed by atoms with Crippen molar-refractivity contribution >= 4 is 40.4 Å². The van der Waals surface area contributed by atoms with E-state index in [0.717, 1.165) is 42.6 Å². The molecule has 1 aliphatic rings. The molecule has 10 heteroatoms. The van der Waals surface area contributed by atoms with E-state index < -0.39 is 0 Å². The van der Waals surface area contributed by atoms with E-state index in [1.54, 1.807) is 0 Å². The highest BCUT2D eigenvalue weighted by Crippen LogP contribution is 2.25. The molecule has 8 nitrogen and oxygen atoms in total. The molecule has 28 heavy (non-hydrogen) atoms. The Bertz CT molecular complexity index is 920. The summed E-state index contributed by atoms with van der Waals surface area (Å²) in [4.78, 5) is 15.5. The van der Waals surface area contributed by atoms with Crippen LogP contribution in [0.3, 0.4) is 0 Å². The van der Waals surface area contributed by atoms with Gasteiger partial charge in [0.15, 0.2) is 5.82 Å². The number of nitrogens with zero attached hydrogens (tertiary/aromatic N) is 4. The summed E-state index contributed by atoms with van der Waals surface area (Å²) in [5.41, 5.74) is 1.89. The molecular weight excluding hydrogens is 396 g/mol. The van der Waals surface area contributed by atoms with Crippen molar-refractivity contribution < 1.29 is 9.53 Å². The van der Waals surface area contributed by atoms with Crippen molar-refractivity contribution in [2.75, 3.05) is 48.1 Å². The van der Waals surface area contributed by atoms with E-state index in [4.69, 9.17) is 10.6 Å². The summed E-state index contributed by atoms with van der Waals surface area (Å²) >= 11 is 2.79. The Morgan fingerprint density at radius 2 is 2.00 bits per heavy atom. The maximum absolute atomic E-state index is 12.3. The Hall–Kier alpha value is -2.56. The molecule has 0 radical (unpaired) electrons. The van der Waals surface area contributed by atoms with Crippen molar-refractivity contribution in [2.45, 2.75) is 5.16 Å². The maximum atomic E-state index is 12.3. The molecule has 2 aromatic heterocycles. The van der Waals surface area contributed by atoms with Gasteiger partial charge in [-0.2, -0.15) is 0 Å². The Morgan fingerprint density at radius 3 is 2.71 bits per heavy atom. The molecule has 1 saturated heterocycles. The highest BCUT2D eigenvalue weighted by atomic mass is 32.2. The van der Waals surface area contributed by atoms with E-state index in [9.17, 15) is 4.79 Å². The fourth-order valence-electron chi connectivity index (χ4n) is 2.85. The molecule has 1 aliphatic heterocycles. The first-order chi connectivity index (χ1) is 13.7. The molecule has 0 unspecified atom stereocenters. The van der Waals surface area contributed by atoms with Crippen molar-refractivity contribution in [3.63, 3.8) is 0 Å².